The standard InChI is InChI=1S/C13H20O3.C12H16O/c1-4-5-6-7-9(2)8-11-12(14)10(3)13(15)16-11;1-3-5-11(2)6-4-7-12-8-9-13-10-12/h7,11,14H,4-6,8H2,1-3H3;3,5,8-10H,1,4,6-7H2,2H3/b9-7+;11-5+. The van der Waals surface area contributed by atoms with Gasteiger partial charge in [0.1, 0.15) is 5.76 Å². The smallest absolute Gasteiger partial charge is 0.338 e. The molecule has 1 aliphatic heterocycles. The molecular weight excluding hydrogens is 364 g/mol. The fourth-order valence-corrected chi connectivity index (χ4v) is 2.98. The maximum absolute atomic E-state index is 11.2. The van der Waals surface area contributed by atoms with E-state index in [9.17, 15) is 9.90 Å². The van der Waals surface area contributed by atoms with E-state index < -0.39 is 12.1 Å². The lowest BCUT2D eigenvalue weighted by Gasteiger charge is -2.10. The van der Waals surface area contributed by atoms with E-state index in [0.717, 1.165) is 24.8 Å². The van der Waals surface area contributed by atoms with Gasteiger partial charge in [0.25, 0.3) is 0 Å². The number of cyclic esters (lactones) is 1. The van der Waals surface area contributed by atoms with Crippen molar-refractivity contribution < 1.29 is 19.1 Å². The summed E-state index contributed by atoms with van der Waals surface area (Å²) in [4.78, 5) is 11.2. The van der Waals surface area contributed by atoms with Crippen LogP contribution in [0.3, 0.4) is 0 Å². The van der Waals surface area contributed by atoms with E-state index in [4.69, 9.17) is 9.15 Å². The van der Waals surface area contributed by atoms with E-state index in [1.165, 1.54) is 30.4 Å². The Morgan fingerprint density at radius 3 is 2.59 bits per heavy atom. The second-order valence-corrected chi connectivity index (χ2v) is 7.53. The van der Waals surface area contributed by atoms with Gasteiger partial charge in [-0.25, -0.2) is 4.79 Å². The van der Waals surface area contributed by atoms with Crippen molar-refractivity contribution in [3.05, 3.63) is 71.4 Å². The van der Waals surface area contributed by atoms with Crippen molar-refractivity contribution in [2.45, 2.75) is 78.7 Å². The second-order valence-electron chi connectivity index (χ2n) is 7.53. The van der Waals surface area contributed by atoms with Crippen LogP contribution in [0.15, 0.2) is 70.3 Å². The van der Waals surface area contributed by atoms with E-state index in [0.29, 0.717) is 12.0 Å². The molecule has 2 heterocycles. The highest BCUT2D eigenvalue weighted by molar-refractivity contribution is 5.91. The minimum Gasteiger partial charge on any atom is -0.508 e. The average molecular weight is 401 g/mol. The van der Waals surface area contributed by atoms with E-state index in [1.807, 2.05) is 25.3 Å². The van der Waals surface area contributed by atoms with Crippen LogP contribution in [0, 0.1) is 0 Å². The summed E-state index contributed by atoms with van der Waals surface area (Å²) < 4.78 is 10.0. The maximum atomic E-state index is 11.2. The van der Waals surface area contributed by atoms with Crippen LogP contribution >= 0.6 is 0 Å². The van der Waals surface area contributed by atoms with Crippen molar-refractivity contribution in [1.82, 2.24) is 0 Å². The Kier molecular flexibility index (Phi) is 11.6. The molecule has 0 aromatic carbocycles. The zero-order valence-corrected chi connectivity index (χ0v) is 18.4. The Labute approximate surface area is 175 Å². The van der Waals surface area contributed by atoms with Crippen molar-refractivity contribution in [3.63, 3.8) is 0 Å². The highest BCUT2D eigenvalue weighted by Gasteiger charge is 2.31. The van der Waals surface area contributed by atoms with Crippen molar-refractivity contribution in [2.75, 3.05) is 0 Å². The third-order valence-electron chi connectivity index (χ3n) is 4.82. The first-order valence-corrected chi connectivity index (χ1v) is 10.4. The minimum atomic E-state index is -0.467. The maximum Gasteiger partial charge on any atom is 0.338 e. The molecule has 0 bridgehead atoms. The van der Waals surface area contributed by atoms with E-state index in [2.05, 4.69) is 32.6 Å². The Morgan fingerprint density at radius 2 is 2.03 bits per heavy atom. The zero-order valence-electron chi connectivity index (χ0n) is 18.4. The quantitative estimate of drug-likeness (QED) is 0.199. The molecule has 0 radical (unpaired) electrons. The first-order valence-electron chi connectivity index (χ1n) is 10.4. The molecule has 0 aliphatic carbocycles. The lowest BCUT2D eigenvalue weighted by atomic mass is 10.1. The van der Waals surface area contributed by atoms with Gasteiger partial charge in [-0.3, -0.25) is 0 Å². The number of rotatable bonds is 10. The van der Waals surface area contributed by atoms with Crippen LogP contribution in [-0.4, -0.2) is 17.2 Å². The number of hydrogen-bond acceptors (Lipinski definition) is 4. The van der Waals surface area contributed by atoms with Crippen molar-refractivity contribution >= 4 is 5.97 Å². The van der Waals surface area contributed by atoms with Crippen LogP contribution in [0.4, 0.5) is 0 Å². The molecule has 0 amide bonds. The van der Waals surface area contributed by atoms with Crippen LogP contribution in [0.5, 0.6) is 0 Å². The molecule has 1 aromatic heterocycles. The lowest BCUT2D eigenvalue weighted by Crippen LogP contribution is -2.11. The highest BCUT2D eigenvalue weighted by Crippen LogP contribution is 2.25. The Morgan fingerprint density at radius 1 is 1.28 bits per heavy atom. The third-order valence-corrected chi connectivity index (χ3v) is 4.82. The summed E-state index contributed by atoms with van der Waals surface area (Å²) in [7, 11) is 0. The van der Waals surface area contributed by atoms with Crippen LogP contribution in [-0.2, 0) is 16.0 Å². The molecule has 160 valence electrons. The van der Waals surface area contributed by atoms with Gasteiger partial charge in [-0.1, -0.05) is 55.7 Å². The normalized spacial score (nSPS) is 17.1. The molecular formula is C25H36O4. The van der Waals surface area contributed by atoms with Gasteiger partial charge in [0.2, 0.25) is 0 Å². The fraction of sp³-hybridized carbons (Fsp3) is 0.480. The topological polar surface area (TPSA) is 59.7 Å². The van der Waals surface area contributed by atoms with E-state index in [-0.39, 0.29) is 5.76 Å². The van der Waals surface area contributed by atoms with E-state index in [1.54, 1.807) is 13.2 Å². The Balaban J connectivity index is 0.000000296. The van der Waals surface area contributed by atoms with Crippen LogP contribution in [0.1, 0.15) is 71.8 Å². The average Bonchev–Trinajstić information content (AvgIpc) is 3.28. The van der Waals surface area contributed by atoms with Crippen LogP contribution in [0.25, 0.3) is 0 Å². The van der Waals surface area contributed by atoms with Gasteiger partial charge in [0.15, 0.2) is 6.10 Å². The van der Waals surface area contributed by atoms with Crippen molar-refractivity contribution in [1.29, 1.82) is 0 Å². The minimum absolute atomic E-state index is 0.0910. The second kappa shape index (κ2) is 13.6. The zero-order chi connectivity index (χ0) is 21.6. The van der Waals surface area contributed by atoms with Crippen LogP contribution in [0.2, 0.25) is 0 Å². The molecule has 1 unspecified atom stereocenters. The molecule has 2 rings (SSSR count). The summed E-state index contributed by atoms with van der Waals surface area (Å²) >= 11 is 0. The molecule has 0 saturated carbocycles. The summed E-state index contributed by atoms with van der Waals surface area (Å²) in [5.41, 5.74) is 4.17. The summed E-state index contributed by atoms with van der Waals surface area (Å²) in [6.07, 6.45) is 16.5. The first kappa shape index (κ1) is 24.5. The number of allylic oxidation sites excluding steroid dienone is 4. The first-order chi connectivity index (χ1) is 13.9. The molecule has 1 aromatic rings. The van der Waals surface area contributed by atoms with Gasteiger partial charge in [0.05, 0.1) is 18.1 Å². The molecule has 1 N–H and O–H groups in total. The number of carbonyl (C=O) groups excluding carboxylic acids is 1. The molecule has 0 spiro atoms. The predicted molar refractivity (Wildman–Crippen MR) is 119 cm³/mol. The number of unbranched alkanes of at least 4 members (excludes halogenated alkanes) is 2. The van der Waals surface area contributed by atoms with Crippen molar-refractivity contribution in [3.8, 4) is 0 Å². The summed E-state index contributed by atoms with van der Waals surface area (Å²) in [5, 5.41) is 9.65. The van der Waals surface area contributed by atoms with Gasteiger partial charge < -0.3 is 14.3 Å². The fourth-order valence-electron chi connectivity index (χ4n) is 2.98. The molecule has 1 atom stereocenters. The molecule has 29 heavy (non-hydrogen) atoms. The monoisotopic (exact) mass is 400 g/mol. The molecule has 4 nitrogen and oxygen atoms in total. The number of ether oxygens (including phenoxy) is 1. The number of aliphatic hydroxyl groups excluding tert-OH is 1. The van der Waals surface area contributed by atoms with Crippen molar-refractivity contribution in [2.24, 2.45) is 0 Å². The number of esters is 1. The Hall–Kier alpha value is -2.49. The SMILES string of the molecule is C=C/C=C(\C)CCCc1ccoc1.CCCC/C=C(\C)CC1OC(=O)C(C)=C1O. The van der Waals surface area contributed by atoms with Gasteiger partial charge in [-0.2, -0.15) is 0 Å². The number of aliphatic hydroxyl groups is 1. The van der Waals surface area contributed by atoms with Gasteiger partial charge in [-0.05, 0) is 58.1 Å². The van der Waals surface area contributed by atoms with Crippen LogP contribution < -0.4 is 0 Å². The molecule has 1 aliphatic rings. The lowest BCUT2D eigenvalue weighted by molar-refractivity contribution is -0.140. The highest BCUT2D eigenvalue weighted by atomic mass is 16.6. The summed E-state index contributed by atoms with van der Waals surface area (Å²) in [5.74, 6) is -0.308. The predicted octanol–water partition coefficient (Wildman–Crippen LogP) is 7.01. The van der Waals surface area contributed by atoms with Gasteiger partial charge >= 0.3 is 5.97 Å². The van der Waals surface area contributed by atoms with Gasteiger partial charge in [0, 0.05) is 6.42 Å². The number of furan rings is 1. The molecule has 4 heteroatoms. The largest absolute Gasteiger partial charge is 0.508 e. The number of carbonyl (C=O) groups is 1. The Bertz CT molecular complexity index is 720. The molecule has 0 fully saturated rings. The summed E-state index contributed by atoms with van der Waals surface area (Å²) in [6, 6.07) is 2.02. The number of hydrogen-bond donors (Lipinski definition) is 1. The molecule has 0 saturated heterocycles. The summed E-state index contributed by atoms with van der Waals surface area (Å²) in [6.45, 7) is 11.6. The number of aryl methyl sites for hydroxylation is 1. The van der Waals surface area contributed by atoms with Gasteiger partial charge in [-0.15, -0.1) is 0 Å². The third kappa shape index (κ3) is 9.51. The van der Waals surface area contributed by atoms with E-state index >= 15 is 0 Å².